The summed E-state index contributed by atoms with van der Waals surface area (Å²) in [6.45, 7) is 7.92. The Labute approximate surface area is 155 Å². The highest BCUT2D eigenvalue weighted by Gasteiger charge is 2.11. The van der Waals surface area contributed by atoms with E-state index < -0.39 is 0 Å². The lowest BCUT2D eigenvalue weighted by molar-refractivity contribution is 0.501. The van der Waals surface area contributed by atoms with Crippen LogP contribution in [0.4, 0.5) is 0 Å². The van der Waals surface area contributed by atoms with Crippen molar-refractivity contribution in [2.24, 2.45) is 4.99 Å². The number of nitrogens with zero attached hydrogens (tertiary/aromatic N) is 3. The number of para-hydroxylation sites is 2. The molecule has 5 nitrogen and oxygen atoms in total. The van der Waals surface area contributed by atoms with Gasteiger partial charge in [0.2, 0.25) is 0 Å². The van der Waals surface area contributed by atoms with Crippen molar-refractivity contribution in [3.8, 4) is 0 Å². The van der Waals surface area contributed by atoms with Crippen LogP contribution in [0.25, 0.3) is 11.0 Å². The van der Waals surface area contributed by atoms with Gasteiger partial charge in [0.15, 0.2) is 5.96 Å². The summed E-state index contributed by atoms with van der Waals surface area (Å²) >= 11 is 0. The van der Waals surface area contributed by atoms with Crippen molar-refractivity contribution in [1.29, 1.82) is 0 Å². The lowest BCUT2D eigenvalue weighted by Crippen LogP contribution is -2.47. The van der Waals surface area contributed by atoms with Crippen LogP contribution < -0.4 is 10.6 Å². The van der Waals surface area contributed by atoms with Gasteiger partial charge in [-0.15, -0.1) is 0 Å². The summed E-state index contributed by atoms with van der Waals surface area (Å²) in [7, 11) is 1.79. The van der Waals surface area contributed by atoms with Crippen LogP contribution in [0.15, 0.2) is 59.9 Å². The molecule has 0 radical (unpaired) electrons. The van der Waals surface area contributed by atoms with E-state index in [9.17, 15) is 0 Å². The Morgan fingerprint density at radius 2 is 1.73 bits per heavy atom. The van der Waals surface area contributed by atoms with Crippen LogP contribution in [0.5, 0.6) is 0 Å². The Balaban J connectivity index is 1.62. The summed E-state index contributed by atoms with van der Waals surface area (Å²) in [5, 5.41) is 6.72. The fourth-order valence-electron chi connectivity index (χ4n) is 2.82. The summed E-state index contributed by atoms with van der Waals surface area (Å²) in [5.41, 5.74) is 4.66. The molecule has 0 amide bonds. The van der Waals surface area contributed by atoms with Gasteiger partial charge < -0.3 is 15.2 Å². The molecule has 0 unspecified atom stereocenters. The number of fused-ring (bicyclic) bond motifs is 1. The zero-order valence-corrected chi connectivity index (χ0v) is 16.0. The second-order valence-electron chi connectivity index (χ2n) is 7.48. The number of hydrogen-bond donors (Lipinski definition) is 2. The van der Waals surface area contributed by atoms with Crippen LogP contribution in [0, 0.1) is 0 Å². The number of hydrogen-bond acceptors (Lipinski definition) is 2. The van der Waals surface area contributed by atoms with Crippen molar-refractivity contribution in [2.75, 3.05) is 7.05 Å². The highest BCUT2D eigenvalue weighted by atomic mass is 15.2. The van der Waals surface area contributed by atoms with Gasteiger partial charge in [-0.1, -0.05) is 36.4 Å². The van der Waals surface area contributed by atoms with E-state index in [1.807, 2.05) is 24.5 Å². The molecule has 0 atom stereocenters. The van der Waals surface area contributed by atoms with Gasteiger partial charge >= 0.3 is 0 Å². The quantitative estimate of drug-likeness (QED) is 0.559. The second-order valence-corrected chi connectivity index (χ2v) is 7.48. The highest BCUT2D eigenvalue weighted by molar-refractivity contribution is 5.80. The lowest BCUT2D eigenvalue weighted by Gasteiger charge is -2.23. The molecule has 1 aromatic heterocycles. The molecule has 2 aromatic carbocycles. The topological polar surface area (TPSA) is 54.2 Å². The van der Waals surface area contributed by atoms with Gasteiger partial charge in [-0.3, -0.25) is 4.99 Å². The molecule has 0 saturated carbocycles. The Morgan fingerprint density at radius 3 is 2.42 bits per heavy atom. The van der Waals surface area contributed by atoms with Gasteiger partial charge in [-0.05, 0) is 44.0 Å². The summed E-state index contributed by atoms with van der Waals surface area (Å²) in [5.74, 6) is 0.812. The summed E-state index contributed by atoms with van der Waals surface area (Å²) in [6.07, 6.45) is 1.91. The first-order valence-corrected chi connectivity index (χ1v) is 8.91. The van der Waals surface area contributed by atoms with E-state index in [-0.39, 0.29) is 5.54 Å². The molecule has 0 spiro atoms. The molecular formula is C21H27N5. The normalized spacial score (nSPS) is 12.4. The third-order valence-corrected chi connectivity index (χ3v) is 4.08. The van der Waals surface area contributed by atoms with Crippen molar-refractivity contribution in [3.05, 3.63) is 66.0 Å². The van der Waals surface area contributed by atoms with Crippen molar-refractivity contribution >= 4 is 17.0 Å². The predicted octanol–water partition coefficient (Wildman–Crippen LogP) is 3.55. The monoisotopic (exact) mass is 349 g/mol. The largest absolute Gasteiger partial charge is 0.352 e. The Bertz CT molecular complexity index is 885. The minimum absolute atomic E-state index is 0.0146. The maximum Gasteiger partial charge on any atom is 0.191 e. The van der Waals surface area contributed by atoms with E-state index in [0.29, 0.717) is 0 Å². The van der Waals surface area contributed by atoms with Crippen LogP contribution in [0.2, 0.25) is 0 Å². The molecule has 0 fully saturated rings. The molecule has 1 heterocycles. The Hall–Kier alpha value is -2.82. The standard InChI is InChI=1S/C21H27N5/c1-21(2,3)25-20(22-4)23-13-16-9-11-17(12-10-16)14-26-15-24-18-7-5-6-8-19(18)26/h5-12,15H,13-14H2,1-4H3,(H2,22,23,25). The summed E-state index contributed by atoms with van der Waals surface area (Å²) in [6, 6.07) is 16.9. The second kappa shape index (κ2) is 7.60. The number of imidazole rings is 1. The van der Waals surface area contributed by atoms with E-state index in [2.05, 4.69) is 76.3 Å². The third-order valence-electron chi connectivity index (χ3n) is 4.08. The fraction of sp³-hybridized carbons (Fsp3) is 0.333. The zero-order chi connectivity index (χ0) is 18.6. The van der Waals surface area contributed by atoms with Crippen molar-refractivity contribution in [2.45, 2.75) is 39.4 Å². The molecule has 0 aliphatic carbocycles. The Kier molecular flexibility index (Phi) is 5.26. The lowest BCUT2D eigenvalue weighted by atomic mass is 10.1. The van der Waals surface area contributed by atoms with Gasteiger partial charge in [-0.25, -0.2) is 4.98 Å². The minimum atomic E-state index is -0.0146. The smallest absolute Gasteiger partial charge is 0.191 e. The SMILES string of the molecule is CN=C(NCc1ccc(Cn2cnc3ccccc32)cc1)NC(C)(C)C. The van der Waals surface area contributed by atoms with Gasteiger partial charge in [0.1, 0.15) is 0 Å². The first-order chi connectivity index (χ1) is 12.4. The van der Waals surface area contributed by atoms with Crippen LogP contribution in [0.1, 0.15) is 31.9 Å². The number of benzene rings is 2. The van der Waals surface area contributed by atoms with Gasteiger partial charge in [0.25, 0.3) is 0 Å². The highest BCUT2D eigenvalue weighted by Crippen LogP contribution is 2.14. The van der Waals surface area contributed by atoms with Crippen LogP contribution >= 0.6 is 0 Å². The van der Waals surface area contributed by atoms with E-state index >= 15 is 0 Å². The fourth-order valence-corrected chi connectivity index (χ4v) is 2.82. The molecular weight excluding hydrogens is 322 g/mol. The molecule has 136 valence electrons. The average molecular weight is 349 g/mol. The molecule has 2 N–H and O–H groups in total. The van der Waals surface area contributed by atoms with E-state index in [1.54, 1.807) is 7.05 Å². The first kappa shape index (κ1) is 18.0. The van der Waals surface area contributed by atoms with Gasteiger partial charge in [0.05, 0.1) is 17.4 Å². The molecule has 3 aromatic rings. The molecule has 0 bridgehead atoms. The van der Waals surface area contributed by atoms with Gasteiger partial charge in [-0.2, -0.15) is 0 Å². The van der Waals surface area contributed by atoms with Gasteiger partial charge in [0, 0.05) is 25.7 Å². The van der Waals surface area contributed by atoms with Crippen LogP contribution in [-0.2, 0) is 13.1 Å². The average Bonchev–Trinajstić information content (AvgIpc) is 3.02. The van der Waals surface area contributed by atoms with E-state index in [0.717, 1.165) is 30.1 Å². The zero-order valence-electron chi connectivity index (χ0n) is 16.0. The maximum atomic E-state index is 4.45. The molecule has 26 heavy (non-hydrogen) atoms. The number of guanidine groups is 1. The predicted molar refractivity (Wildman–Crippen MR) is 108 cm³/mol. The van der Waals surface area contributed by atoms with Crippen molar-refractivity contribution in [3.63, 3.8) is 0 Å². The van der Waals surface area contributed by atoms with Crippen molar-refractivity contribution < 1.29 is 0 Å². The van der Waals surface area contributed by atoms with E-state index in [1.165, 1.54) is 11.1 Å². The molecule has 0 aliphatic rings. The summed E-state index contributed by atoms with van der Waals surface area (Å²) in [4.78, 5) is 8.72. The Morgan fingerprint density at radius 1 is 1.04 bits per heavy atom. The number of rotatable bonds is 4. The van der Waals surface area contributed by atoms with E-state index in [4.69, 9.17) is 0 Å². The first-order valence-electron chi connectivity index (χ1n) is 8.91. The maximum absolute atomic E-state index is 4.45. The minimum Gasteiger partial charge on any atom is -0.352 e. The number of aliphatic imine (C=N–C) groups is 1. The molecule has 3 rings (SSSR count). The number of aromatic nitrogens is 2. The van der Waals surface area contributed by atoms with Crippen LogP contribution in [0.3, 0.4) is 0 Å². The number of nitrogens with one attached hydrogen (secondary N) is 2. The molecule has 0 saturated heterocycles. The third kappa shape index (κ3) is 4.63. The summed E-state index contributed by atoms with van der Waals surface area (Å²) < 4.78 is 2.18. The van der Waals surface area contributed by atoms with Crippen LogP contribution in [-0.4, -0.2) is 28.1 Å². The van der Waals surface area contributed by atoms with Crippen molar-refractivity contribution in [1.82, 2.24) is 20.2 Å². The molecule has 5 heteroatoms. The molecule has 0 aliphatic heterocycles.